The van der Waals surface area contributed by atoms with Crippen LogP contribution in [-0.4, -0.2) is 45.2 Å². The topological polar surface area (TPSA) is 50.5 Å². The smallest absolute Gasteiger partial charge is 0.140 e. The molecule has 2 saturated carbocycles. The molecule has 3 aliphatic carbocycles. The van der Waals surface area contributed by atoms with Gasteiger partial charge in [-0.05, 0) is 31.3 Å². The van der Waals surface area contributed by atoms with Crippen molar-refractivity contribution in [3.05, 3.63) is 53.8 Å². The van der Waals surface area contributed by atoms with Gasteiger partial charge >= 0.3 is 0 Å². The second-order valence-electron chi connectivity index (χ2n) is 9.57. The number of fused-ring (bicyclic) bond motifs is 5. The van der Waals surface area contributed by atoms with Gasteiger partial charge in [-0.2, -0.15) is 0 Å². The molecule has 1 aromatic rings. The Morgan fingerprint density at radius 2 is 2.17 bits per heavy atom. The van der Waals surface area contributed by atoms with E-state index >= 15 is 0 Å². The number of ketones is 1. The zero-order valence-electron chi connectivity index (χ0n) is 17.7. The molecule has 0 radical (unpaired) electrons. The summed E-state index contributed by atoms with van der Waals surface area (Å²) >= 11 is 0. The maximum absolute atomic E-state index is 12.6. The molecule has 0 amide bonds. The van der Waals surface area contributed by atoms with Crippen molar-refractivity contribution in [2.45, 2.75) is 57.4 Å². The van der Waals surface area contributed by atoms with Gasteiger partial charge < -0.3 is 4.90 Å². The second-order valence-corrected chi connectivity index (χ2v) is 9.57. The number of rotatable bonds is 3. The number of allylic oxidation sites excluding steroid dienone is 5. The average molecular weight is 403 g/mol. The Kier molecular flexibility index (Phi) is 4.32. The van der Waals surface area contributed by atoms with Gasteiger partial charge in [-0.1, -0.05) is 31.6 Å². The van der Waals surface area contributed by atoms with Crippen LogP contribution in [0.3, 0.4) is 0 Å². The van der Waals surface area contributed by atoms with Gasteiger partial charge in [-0.3, -0.25) is 14.4 Å². The highest BCUT2D eigenvalue weighted by Crippen LogP contribution is 2.47. The van der Waals surface area contributed by atoms with Crippen LogP contribution in [0.1, 0.15) is 57.1 Å². The molecule has 1 aromatic heterocycles. The zero-order valence-corrected chi connectivity index (χ0v) is 17.7. The molecule has 5 aliphatic rings. The summed E-state index contributed by atoms with van der Waals surface area (Å²) in [5, 5.41) is 0. The third-order valence-electron chi connectivity index (χ3n) is 7.86. The highest BCUT2D eigenvalue weighted by atomic mass is 16.1. The van der Waals surface area contributed by atoms with Gasteiger partial charge in [0.15, 0.2) is 0 Å². The van der Waals surface area contributed by atoms with Crippen LogP contribution in [0.25, 0.3) is 0 Å². The molecule has 156 valence electrons. The van der Waals surface area contributed by atoms with Crippen molar-refractivity contribution >= 4 is 11.6 Å². The van der Waals surface area contributed by atoms with Crippen molar-refractivity contribution < 1.29 is 4.79 Å². The normalized spacial score (nSPS) is 34.2. The standard InChI is InChI=1S/C25H30N4O/c1-2-24(30)20-8-4-7-19-18(20)9-10-29-22-11-17(22)13-26-25(12-23(19)29)28-14-21(27-15-28)16-5-3-6-16/h4,7-8,12,14-18,20,22H,2-3,5-6,9-11,13H2,1H3/b23-12-,26-25?. The summed E-state index contributed by atoms with van der Waals surface area (Å²) < 4.78 is 2.12. The van der Waals surface area contributed by atoms with Crippen LogP contribution in [0.5, 0.6) is 0 Å². The summed E-state index contributed by atoms with van der Waals surface area (Å²) in [5.41, 5.74) is 3.82. The number of nitrogens with zero attached hydrogens (tertiary/aromatic N) is 4. The first-order valence-corrected chi connectivity index (χ1v) is 11.7. The number of Topliss-reactive ketones (excluding diaryl/α,β-unsaturated/α-hetero) is 1. The van der Waals surface area contributed by atoms with Crippen LogP contribution < -0.4 is 0 Å². The summed E-state index contributed by atoms with van der Waals surface area (Å²) in [4.78, 5) is 24.9. The van der Waals surface area contributed by atoms with Gasteiger partial charge in [0.25, 0.3) is 0 Å². The number of piperidine rings is 1. The molecule has 5 nitrogen and oxygen atoms in total. The number of aromatic nitrogens is 2. The largest absolute Gasteiger partial charge is 0.368 e. The molecule has 0 spiro atoms. The van der Waals surface area contributed by atoms with Crippen molar-refractivity contribution in [2.75, 3.05) is 13.1 Å². The van der Waals surface area contributed by atoms with E-state index in [0.717, 1.165) is 25.3 Å². The van der Waals surface area contributed by atoms with E-state index < -0.39 is 0 Å². The summed E-state index contributed by atoms with van der Waals surface area (Å²) in [5.74, 6) is 2.96. The fourth-order valence-electron chi connectivity index (χ4n) is 5.71. The van der Waals surface area contributed by atoms with Crippen LogP contribution >= 0.6 is 0 Å². The van der Waals surface area contributed by atoms with Crippen LogP contribution in [-0.2, 0) is 4.79 Å². The van der Waals surface area contributed by atoms with E-state index in [-0.39, 0.29) is 5.92 Å². The summed E-state index contributed by atoms with van der Waals surface area (Å²) in [7, 11) is 0. The highest BCUT2D eigenvalue weighted by Gasteiger charge is 2.47. The van der Waals surface area contributed by atoms with Gasteiger partial charge in [-0.15, -0.1) is 0 Å². The third-order valence-corrected chi connectivity index (χ3v) is 7.86. The van der Waals surface area contributed by atoms with Crippen molar-refractivity contribution in [3.63, 3.8) is 0 Å². The lowest BCUT2D eigenvalue weighted by Gasteiger charge is -2.42. The number of hydrogen-bond donors (Lipinski definition) is 0. The number of imidazole rings is 1. The number of carbonyl (C=O) groups excluding carboxylic acids is 1. The van der Waals surface area contributed by atoms with Gasteiger partial charge in [0, 0.05) is 67.2 Å². The zero-order chi connectivity index (χ0) is 20.2. The summed E-state index contributed by atoms with van der Waals surface area (Å²) in [6, 6.07) is 0.614. The lowest BCUT2D eigenvalue weighted by molar-refractivity contribution is -0.122. The Hall–Kier alpha value is -2.43. The lowest BCUT2D eigenvalue weighted by atomic mass is 9.73. The highest BCUT2D eigenvalue weighted by molar-refractivity contribution is 5.96. The SMILES string of the molecule is CCC(=O)C1C=CC=C2/C3=C/C(n4cnc(C5CCC5)c4)=NCC4CC4N3CCC21. The molecule has 4 unspecified atom stereocenters. The maximum Gasteiger partial charge on any atom is 0.140 e. The molecular formula is C25H30N4O. The van der Waals surface area contributed by atoms with E-state index in [4.69, 9.17) is 9.98 Å². The Labute approximate surface area is 178 Å². The lowest BCUT2D eigenvalue weighted by Crippen LogP contribution is -2.41. The van der Waals surface area contributed by atoms with Gasteiger partial charge in [-0.25, -0.2) is 4.98 Å². The third kappa shape index (κ3) is 2.93. The molecule has 0 N–H and O–H groups in total. The van der Waals surface area contributed by atoms with E-state index in [2.05, 4.69) is 40.0 Å². The first-order chi connectivity index (χ1) is 14.7. The van der Waals surface area contributed by atoms with E-state index in [1.165, 1.54) is 42.6 Å². The fraction of sp³-hybridized carbons (Fsp3) is 0.560. The van der Waals surface area contributed by atoms with Gasteiger partial charge in [0.1, 0.15) is 17.9 Å². The van der Waals surface area contributed by atoms with E-state index in [1.807, 2.05) is 13.3 Å². The van der Waals surface area contributed by atoms with Crippen LogP contribution in [0, 0.1) is 17.8 Å². The van der Waals surface area contributed by atoms with Crippen molar-refractivity contribution in [3.8, 4) is 0 Å². The second kappa shape index (κ2) is 7.07. The van der Waals surface area contributed by atoms with Crippen molar-refractivity contribution in [1.82, 2.24) is 14.5 Å². The van der Waals surface area contributed by atoms with Crippen molar-refractivity contribution in [2.24, 2.45) is 22.7 Å². The minimum Gasteiger partial charge on any atom is -0.368 e. The number of carbonyl (C=O) groups is 1. The molecule has 5 heteroatoms. The van der Waals surface area contributed by atoms with E-state index in [0.29, 0.717) is 36.0 Å². The minimum absolute atomic E-state index is 0.0253. The predicted molar refractivity (Wildman–Crippen MR) is 117 cm³/mol. The Balaban J connectivity index is 1.38. The Morgan fingerprint density at radius 3 is 2.97 bits per heavy atom. The summed E-state index contributed by atoms with van der Waals surface area (Å²) in [6.07, 6.45) is 19.6. The first-order valence-electron chi connectivity index (χ1n) is 11.7. The number of aliphatic imine (C=N–C) groups is 1. The average Bonchev–Trinajstić information content (AvgIpc) is 3.32. The quantitative estimate of drug-likeness (QED) is 0.765. The van der Waals surface area contributed by atoms with Gasteiger partial charge in [0.05, 0.1) is 5.69 Å². The number of hydrogen-bond acceptors (Lipinski definition) is 4. The van der Waals surface area contributed by atoms with Crippen molar-refractivity contribution in [1.29, 1.82) is 0 Å². The monoisotopic (exact) mass is 402 g/mol. The maximum atomic E-state index is 12.6. The molecule has 3 fully saturated rings. The Morgan fingerprint density at radius 1 is 1.27 bits per heavy atom. The molecular weight excluding hydrogens is 372 g/mol. The van der Waals surface area contributed by atoms with E-state index in [1.54, 1.807) is 0 Å². The summed E-state index contributed by atoms with van der Waals surface area (Å²) in [6.45, 7) is 3.92. The fourth-order valence-corrected chi connectivity index (χ4v) is 5.71. The minimum atomic E-state index is 0.0253. The van der Waals surface area contributed by atoms with Gasteiger partial charge in [0.2, 0.25) is 0 Å². The predicted octanol–water partition coefficient (Wildman–Crippen LogP) is 4.10. The molecule has 6 rings (SSSR count). The van der Waals surface area contributed by atoms with Crippen LogP contribution in [0.4, 0.5) is 0 Å². The molecule has 4 atom stereocenters. The molecule has 2 aliphatic heterocycles. The van der Waals surface area contributed by atoms with Crippen LogP contribution in [0.2, 0.25) is 0 Å². The van der Waals surface area contributed by atoms with Crippen LogP contribution in [0.15, 0.2) is 53.1 Å². The molecule has 0 aromatic carbocycles. The Bertz CT molecular complexity index is 993. The molecule has 30 heavy (non-hydrogen) atoms. The first kappa shape index (κ1) is 18.3. The molecule has 1 saturated heterocycles. The molecule has 0 bridgehead atoms. The van der Waals surface area contributed by atoms with E-state index in [9.17, 15) is 4.79 Å². The molecule has 3 heterocycles.